The van der Waals surface area contributed by atoms with Crippen molar-refractivity contribution in [3.05, 3.63) is 29.8 Å². The lowest BCUT2D eigenvalue weighted by molar-refractivity contribution is 0.0946. The minimum absolute atomic E-state index is 0.0441. The third-order valence-corrected chi connectivity index (χ3v) is 4.39. The number of benzene rings is 1. The van der Waals surface area contributed by atoms with Crippen LogP contribution in [0.15, 0.2) is 24.3 Å². The molecule has 1 fully saturated rings. The van der Waals surface area contributed by atoms with Crippen LogP contribution in [0, 0.1) is 5.92 Å². The van der Waals surface area contributed by atoms with Gasteiger partial charge in [-0.15, -0.1) is 0 Å². The fraction of sp³-hybridized carbons (Fsp3) is 0.556. The first-order valence-corrected chi connectivity index (χ1v) is 8.59. The minimum Gasteiger partial charge on any atom is -0.352 e. The molecule has 1 unspecified atom stereocenters. The molecule has 0 aliphatic carbocycles. The molecule has 3 amide bonds. The molecule has 23 heavy (non-hydrogen) atoms. The summed E-state index contributed by atoms with van der Waals surface area (Å²) in [5, 5.41) is 5.79. The van der Waals surface area contributed by atoms with Crippen molar-refractivity contribution in [3.63, 3.8) is 0 Å². The number of nitrogens with zero attached hydrogens (tertiary/aromatic N) is 1. The number of hydrogen-bond donors (Lipinski definition) is 2. The quantitative estimate of drug-likeness (QED) is 0.773. The molecule has 0 spiro atoms. The van der Waals surface area contributed by atoms with Gasteiger partial charge in [0, 0.05) is 30.9 Å². The molecule has 1 aromatic carbocycles. The Bertz CT molecular complexity index is 528. The molecular weight excluding hydrogens is 290 g/mol. The SMILES string of the molecule is CCCCC(CC)CNC(=O)c1ccc(N2CCNC2=O)cc1. The van der Waals surface area contributed by atoms with Crippen molar-refractivity contribution < 1.29 is 9.59 Å². The van der Waals surface area contributed by atoms with Crippen molar-refractivity contribution in [2.75, 3.05) is 24.5 Å². The number of carbonyl (C=O) groups excluding carboxylic acids is 2. The lowest BCUT2D eigenvalue weighted by Gasteiger charge is -2.16. The van der Waals surface area contributed by atoms with Gasteiger partial charge in [0.15, 0.2) is 0 Å². The highest BCUT2D eigenvalue weighted by Crippen LogP contribution is 2.17. The fourth-order valence-electron chi connectivity index (χ4n) is 2.79. The lowest BCUT2D eigenvalue weighted by Crippen LogP contribution is -2.29. The Morgan fingerprint density at radius 1 is 1.30 bits per heavy atom. The smallest absolute Gasteiger partial charge is 0.321 e. The van der Waals surface area contributed by atoms with Crippen LogP contribution in [-0.4, -0.2) is 31.6 Å². The standard InChI is InChI=1S/C18H27N3O2/c1-3-5-6-14(4-2)13-20-17(22)15-7-9-16(10-8-15)21-12-11-19-18(21)23/h7-10,14H,3-6,11-13H2,1-2H3,(H,19,23)(H,20,22). The Hall–Kier alpha value is -2.04. The first kappa shape index (κ1) is 17.3. The number of hydrogen-bond acceptors (Lipinski definition) is 2. The summed E-state index contributed by atoms with van der Waals surface area (Å²) in [7, 11) is 0. The van der Waals surface area contributed by atoms with Crippen molar-refractivity contribution in [2.45, 2.75) is 39.5 Å². The van der Waals surface area contributed by atoms with Crippen LogP contribution in [0.4, 0.5) is 10.5 Å². The molecule has 0 aromatic heterocycles. The van der Waals surface area contributed by atoms with Crippen LogP contribution in [0.3, 0.4) is 0 Å². The van der Waals surface area contributed by atoms with E-state index in [0.717, 1.165) is 25.1 Å². The van der Waals surface area contributed by atoms with E-state index < -0.39 is 0 Å². The maximum Gasteiger partial charge on any atom is 0.321 e. The zero-order valence-corrected chi connectivity index (χ0v) is 14.1. The Morgan fingerprint density at radius 2 is 2.04 bits per heavy atom. The van der Waals surface area contributed by atoms with Crippen LogP contribution in [0.5, 0.6) is 0 Å². The summed E-state index contributed by atoms with van der Waals surface area (Å²) in [5.41, 5.74) is 1.46. The van der Waals surface area contributed by atoms with E-state index in [2.05, 4.69) is 24.5 Å². The third-order valence-electron chi connectivity index (χ3n) is 4.39. The normalized spacial score (nSPS) is 15.4. The average molecular weight is 317 g/mol. The van der Waals surface area contributed by atoms with E-state index >= 15 is 0 Å². The molecule has 5 nitrogen and oxygen atoms in total. The second kappa shape index (κ2) is 8.56. The average Bonchev–Trinajstić information content (AvgIpc) is 3.01. The van der Waals surface area contributed by atoms with Gasteiger partial charge >= 0.3 is 6.03 Å². The van der Waals surface area contributed by atoms with Crippen LogP contribution >= 0.6 is 0 Å². The molecule has 0 bridgehead atoms. The van der Waals surface area contributed by atoms with Gasteiger partial charge in [0.2, 0.25) is 0 Å². The summed E-state index contributed by atoms with van der Waals surface area (Å²) in [6.45, 7) is 6.42. The summed E-state index contributed by atoms with van der Waals surface area (Å²) in [6, 6.07) is 7.14. The highest BCUT2D eigenvalue weighted by atomic mass is 16.2. The summed E-state index contributed by atoms with van der Waals surface area (Å²) in [4.78, 5) is 25.5. The van der Waals surface area contributed by atoms with Gasteiger partial charge in [-0.05, 0) is 36.6 Å². The van der Waals surface area contributed by atoms with E-state index in [1.165, 1.54) is 12.8 Å². The highest BCUT2D eigenvalue weighted by molar-refractivity contribution is 5.96. The molecule has 1 aromatic rings. The van der Waals surface area contributed by atoms with Crippen molar-refractivity contribution >= 4 is 17.6 Å². The van der Waals surface area contributed by atoms with Crippen molar-refractivity contribution in [1.82, 2.24) is 10.6 Å². The van der Waals surface area contributed by atoms with Crippen LogP contribution in [0.1, 0.15) is 49.9 Å². The van der Waals surface area contributed by atoms with Gasteiger partial charge in [-0.25, -0.2) is 4.79 Å². The number of urea groups is 1. The van der Waals surface area contributed by atoms with Crippen LogP contribution in [0.2, 0.25) is 0 Å². The van der Waals surface area contributed by atoms with Crippen LogP contribution in [0.25, 0.3) is 0 Å². The summed E-state index contributed by atoms with van der Waals surface area (Å²) >= 11 is 0. The lowest BCUT2D eigenvalue weighted by atomic mass is 9.99. The van der Waals surface area contributed by atoms with E-state index in [-0.39, 0.29) is 11.9 Å². The summed E-state index contributed by atoms with van der Waals surface area (Å²) in [6.07, 6.45) is 4.65. The van der Waals surface area contributed by atoms with Gasteiger partial charge in [-0.2, -0.15) is 0 Å². The largest absolute Gasteiger partial charge is 0.352 e. The molecule has 2 rings (SSSR count). The number of unbranched alkanes of at least 4 members (excludes halogenated alkanes) is 1. The molecule has 0 radical (unpaired) electrons. The number of nitrogens with one attached hydrogen (secondary N) is 2. The summed E-state index contributed by atoms with van der Waals surface area (Å²) < 4.78 is 0. The molecule has 126 valence electrons. The van der Waals surface area contributed by atoms with Gasteiger partial charge in [-0.3, -0.25) is 9.69 Å². The van der Waals surface area contributed by atoms with Crippen molar-refractivity contribution in [3.8, 4) is 0 Å². The molecule has 1 saturated heterocycles. The number of rotatable bonds is 8. The topological polar surface area (TPSA) is 61.4 Å². The highest BCUT2D eigenvalue weighted by Gasteiger charge is 2.21. The van der Waals surface area contributed by atoms with Gasteiger partial charge in [0.1, 0.15) is 0 Å². The van der Waals surface area contributed by atoms with Crippen LogP contribution in [-0.2, 0) is 0 Å². The molecule has 1 atom stereocenters. The zero-order valence-electron chi connectivity index (χ0n) is 14.1. The first-order chi connectivity index (χ1) is 11.2. The predicted octanol–water partition coefficient (Wildman–Crippen LogP) is 3.16. The minimum atomic E-state index is -0.0797. The molecule has 1 aliphatic rings. The van der Waals surface area contributed by atoms with E-state index in [1.54, 1.807) is 17.0 Å². The summed E-state index contributed by atoms with van der Waals surface area (Å²) in [5.74, 6) is 0.504. The van der Waals surface area contributed by atoms with Crippen molar-refractivity contribution in [1.29, 1.82) is 0 Å². The van der Waals surface area contributed by atoms with Gasteiger partial charge in [0.05, 0.1) is 0 Å². The molecule has 0 saturated carbocycles. The fourth-order valence-corrected chi connectivity index (χ4v) is 2.79. The Labute approximate surface area is 138 Å². The molecule has 2 N–H and O–H groups in total. The van der Waals surface area contributed by atoms with E-state index in [0.29, 0.717) is 24.6 Å². The van der Waals surface area contributed by atoms with E-state index in [1.807, 2.05) is 12.1 Å². The molecular formula is C18H27N3O2. The Balaban J connectivity index is 1.88. The number of amides is 3. The van der Waals surface area contributed by atoms with E-state index in [4.69, 9.17) is 0 Å². The second-order valence-electron chi connectivity index (χ2n) is 6.06. The number of carbonyl (C=O) groups is 2. The van der Waals surface area contributed by atoms with Gasteiger partial charge < -0.3 is 10.6 Å². The predicted molar refractivity (Wildman–Crippen MR) is 92.8 cm³/mol. The molecule has 1 heterocycles. The Morgan fingerprint density at radius 3 is 2.61 bits per heavy atom. The third kappa shape index (κ3) is 4.71. The molecule has 5 heteroatoms. The second-order valence-corrected chi connectivity index (χ2v) is 6.06. The van der Waals surface area contributed by atoms with E-state index in [9.17, 15) is 9.59 Å². The first-order valence-electron chi connectivity index (χ1n) is 8.59. The monoisotopic (exact) mass is 317 g/mol. The van der Waals surface area contributed by atoms with Gasteiger partial charge in [-0.1, -0.05) is 33.1 Å². The maximum absolute atomic E-state index is 12.2. The molecule has 1 aliphatic heterocycles. The number of anilines is 1. The van der Waals surface area contributed by atoms with Gasteiger partial charge in [0.25, 0.3) is 5.91 Å². The van der Waals surface area contributed by atoms with Crippen molar-refractivity contribution in [2.24, 2.45) is 5.92 Å². The zero-order chi connectivity index (χ0) is 16.7. The maximum atomic E-state index is 12.2. The Kier molecular flexibility index (Phi) is 6.44. The van der Waals surface area contributed by atoms with Crippen LogP contribution < -0.4 is 15.5 Å².